The van der Waals surface area contributed by atoms with Gasteiger partial charge in [0, 0.05) is 17.6 Å². The van der Waals surface area contributed by atoms with Crippen LogP contribution in [0.1, 0.15) is 102 Å². The van der Waals surface area contributed by atoms with Gasteiger partial charge in [-0.05, 0) is 49.8 Å². The molecule has 0 spiro atoms. The molecule has 1 aliphatic heterocycles. The predicted octanol–water partition coefficient (Wildman–Crippen LogP) is 6.53. The molecule has 3 N–H and O–H groups in total. The number of anilines is 3. The van der Waals surface area contributed by atoms with Gasteiger partial charge in [0.25, 0.3) is 0 Å². The lowest BCUT2D eigenvalue weighted by molar-refractivity contribution is -0.124. The van der Waals surface area contributed by atoms with E-state index in [4.69, 9.17) is 0 Å². The molecular formula is C26H45N3O3S. The Hall–Kier alpha value is -1.76. The molecule has 0 bridgehead atoms. The highest BCUT2D eigenvalue weighted by molar-refractivity contribution is 7.92. The van der Waals surface area contributed by atoms with Crippen molar-refractivity contribution in [3.05, 3.63) is 16.7 Å². The van der Waals surface area contributed by atoms with Crippen LogP contribution in [0.5, 0.6) is 0 Å². The average Bonchev–Trinajstić information content (AvgIpc) is 3.23. The Morgan fingerprint density at radius 1 is 0.939 bits per heavy atom. The molecule has 1 amide bonds. The minimum atomic E-state index is -3.44. The highest BCUT2D eigenvalue weighted by Crippen LogP contribution is 2.42. The molecule has 0 saturated heterocycles. The maximum Gasteiger partial charge on any atom is 0.232 e. The summed E-state index contributed by atoms with van der Waals surface area (Å²) in [6.07, 6.45) is 10.8. The predicted molar refractivity (Wildman–Crippen MR) is 141 cm³/mol. The third kappa shape index (κ3) is 7.36. The van der Waals surface area contributed by atoms with Gasteiger partial charge in [0.2, 0.25) is 15.9 Å². The highest BCUT2D eigenvalue weighted by atomic mass is 32.2. The van der Waals surface area contributed by atoms with Gasteiger partial charge in [0.1, 0.15) is 0 Å². The van der Waals surface area contributed by atoms with Crippen molar-refractivity contribution >= 4 is 33.0 Å². The van der Waals surface area contributed by atoms with Crippen LogP contribution in [0.4, 0.5) is 17.1 Å². The third-order valence-corrected chi connectivity index (χ3v) is 8.26. The lowest BCUT2D eigenvalue weighted by atomic mass is 9.85. The van der Waals surface area contributed by atoms with Gasteiger partial charge in [-0.15, -0.1) is 0 Å². The van der Waals surface area contributed by atoms with Crippen molar-refractivity contribution in [2.45, 2.75) is 106 Å². The second-order valence-corrected chi connectivity index (χ2v) is 12.0. The minimum absolute atomic E-state index is 0.00652. The molecule has 2 rings (SSSR count). The summed E-state index contributed by atoms with van der Waals surface area (Å²) in [5.74, 6) is 0.0652. The van der Waals surface area contributed by atoms with Crippen LogP contribution in [0, 0.1) is 19.3 Å². The van der Waals surface area contributed by atoms with Crippen molar-refractivity contribution < 1.29 is 13.2 Å². The van der Waals surface area contributed by atoms with E-state index in [-0.39, 0.29) is 11.7 Å². The molecule has 0 unspecified atom stereocenters. The minimum Gasteiger partial charge on any atom is -0.383 e. The standard InChI is InChI=1S/C26H45N3O3S/c1-7-9-10-11-12-13-14-16-26(5,6)25(30)28-22-19(3)21-15-17-27-24(21)23(20(22)4)29-33(31,32)18-8-2/h27,29H,7-18H2,1-6H3,(H,28,30). The Balaban J connectivity index is 2.16. The van der Waals surface area contributed by atoms with E-state index < -0.39 is 15.4 Å². The molecule has 188 valence electrons. The molecular weight excluding hydrogens is 434 g/mol. The molecule has 1 aromatic rings. The van der Waals surface area contributed by atoms with Gasteiger partial charge in [-0.3, -0.25) is 9.52 Å². The smallest absolute Gasteiger partial charge is 0.232 e. The Labute approximate surface area is 201 Å². The van der Waals surface area contributed by atoms with Gasteiger partial charge in [0.05, 0.1) is 17.1 Å². The van der Waals surface area contributed by atoms with Crippen molar-refractivity contribution in [2.75, 3.05) is 27.7 Å². The van der Waals surface area contributed by atoms with Gasteiger partial charge in [-0.2, -0.15) is 0 Å². The molecule has 1 heterocycles. The molecule has 0 aliphatic carbocycles. The molecule has 1 aliphatic rings. The summed E-state index contributed by atoms with van der Waals surface area (Å²) in [4.78, 5) is 13.3. The summed E-state index contributed by atoms with van der Waals surface area (Å²) < 4.78 is 27.9. The second kappa shape index (κ2) is 12.1. The van der Waals surface area contributed by atoms with Crippen molar-refractivity contribution in [1.29, 1.82) is 0 Å². The van der Waals surface area contributed by atoms with Crippen LogP contribution in [-0.4, -0.2) is 26.6 Å². The highest BCUT2D eigenvalue weighted by Gasteiger charge is 2.30. The molecule has 0 atom stereocenters. The van der Waals surface area contributed by atoms with Crippen molar-refractivity contribution in [3.63, 3.8) is 0 Å². The van der Waals surface area contributed by atoms with Crippen molar-refractivity contribution in [1.82, 2.24) is 0 Å². The number of amides is 1. The fourth-order valence-corrected chi connectivity index (χ4v) is 5.82. The summed E-state index contributed by atoms with van der Waals surface area (Å²) in [5.41, 5.74) is 4.54. The third-order valence-electron chi connectivity index (χ3n) is 6.80. The molecule has 0 aromatic heterocycles. The topological polar surface area (TPSA) is 87.3 Å². The first-order chi connectivity index (χ1) is 15.5. The van der Waals surface area contributed by atoms with E-state index in [0.29, 0.717) is 12.1 Å². The van der Waals surface area contributed by atoms with Gasteiger partial charge in [-0.1, -0.05) is 72.6 Å². The van der Waals surface area contributed by atoms with E-state index in [1.807, 2.05) is 34.6 Å². The normalized spacial score (nSPS) is 13.5. The number of unbranched alkanes of at least 4 members (excludes halogenated alkanes) is 6. The maximum atomic E-state index is 13.3. The zero-order valence-electron chi connectivity index (χ0n) is 21.6. The number of carbonyl (C=O) groups excluding carboxylic acids is 1. The number of benzene rings is 1. The molecule has 1 aromatic carbocycles. The zero-order chi connectivity index (χ0) is 24.6. The van der Waals surface area contributed by atoms with Crippen LogP contribution >= 0.6 is 0 Å². The summed E-state index contributed by atoms with van der Waals surface area (Å²) >= 11 is 0. The molecule has 33 heavy (non-hydrogen) atoms. The van der Waals surface area contributed by atoms with Gasteiger partial charge in [-0.25, -0.2) is 8.42 Å². The van der Waals surface area contributed by atoms with Gasteiger partial charge >= 0.3 is 0 Å². The Morgan fingerprint density at radius 3 is 2.21 bits per heavy atom. The number of rotatable bonds is 14. The molecule has 7 heteroatoms. The van der Waals surface area contributed by atoms with Crippen molar-refractivity contribution in [3.8, 4) is 0 Å². The van der Waals surface area contributed by atoms with Crippen LogP contribution in [0.3, 0.4) is 0 Å². The zero-order valence-corrected chi connectivity index (χ0v) is 22.4. The number of fused-ring (bicyclic) bond motifs is 1. The first-order valence-electron chi connectivity index (χ1n) is 12.8. The van der Waals surface area contributed by atoms with Crippen LogP contribution < -0.4 is 15.4 Å². The fourth-order valence-electron chi connectivity index (χ4n) is 4.61. The molecule has 0 saturated carbocycles. The largest absolute Gasteiger partial charge is 0.383 e. The van der Waals surface area contributed by atoms with Gasteiger partial charge in [0.15, 0.2) is 0 Å². The lowest BCUT2D eigenvalue weighted by Gasteiger charge is -2.27. The summed E-state index contributed by atoms with van der Waals surface area (Å²) in [6.45, 7) is 12.7. The van der Waals surface area contributed by atoms with Crippen LogP contribution in [0.25, 0.3) is 0 Å². The van der Waals surface area contributed by atoms with E-state index in [0.717, 1.165) is 60.3 Å². The SMILES string of the molecule is CCCCCCCCCC(C)(C)C(=O)Nc1c(C)c2c(c(NS(=O)(=O)CCC)c1C)NCC2. The van der Waals surface area contributed by atoms with E-state index in [9.17, 15) is 13.2 Å². The van der Waals surface area contributed by atoms with Crippen LogP contribution in [-0.2, 0) is 21.2 Å². The summed E-state index contributed by atoms with van der Waals surface area (Å²) in [6, 6.07) is 0. The summed E-state index contributed by atoms with van der Waals surface area (Å²) in [7, 11) is -3.44. The first kappa shape index (κ1) is 27.5. The van der Waals surface area contributed by atoms with Gasteiger partial charge < -0.3 is 10.6 Å². The number of sulfonamides is 1. The Bertz CT molecular complexity index is 923. The average molecular weight is 480 g/mol. The van der Waals surface area contributed by atoms with E-state index in [2.05, 4.69) is 22.3 Å². The maximum absolute atomic E-state index is 13.3. The lowest BCUT2D eigenvalue weighted by Crippen LogP contribution is -2.31. The second-order valence-electron chi connectivity index (χ2n) is 10.2. The number of nitrogens with one attached hydrogen (secondary N) is 3. The molecule has 0 fully saturated rings. The quantitative estimate of drug-likeness (QED) is 0.265. The number of hydrogen-bond donors (Lipinski definition) is 3. The monoisotopic (exact) mass is 479 g/mol. The number of hydrogen-bond acceptors (Lipinski definition) is 4. The molecule has 0 radical (unpaired) electrons. The van der Waals surface area contributed by atoms with Crippen molar-refractivity contribution in [2.24, 2.45) is 5.41 Å². The Morgan fingerprint density at radius 2 is 1.58 bits per heavy atom. The fraction of sp³-hybridized carbons (Fsp3) is 0.731. The number of carbonyl (C=O) groups is 1. The van der Waals surface area contributed by atoms with Crippen LogP contribution in [0.2, 0.25) is 0 Å². The van der Waals surface area contributed by atoms with E-state index in [1.54, 1.807) is 0 Å². The first-order valence-corrected chi connectivity index (χ1v) is 14.4. The Kier molecular flexibility index (Phi) is 10.1. The summed E-state index contributed by atoms with van der Waals surface area (Å²) in [5, 5.41) is 6.51. The van der Waals surface area contributed by atoms with Crippen LogP contribution in [0.15, 0.2) is 0 Å². The van der Waals surface area contributed by atoms with E-state index in [1.165, 1.54) is 32.1 Å². The molecule has 6 nitrogen and oxygen atoms in total. The van der Waals surface area contributed by atoms with E-state index >= 15 is 0 Å².